The zero-order valence-electron chi connectivity index (χ0n) is 14.9. The number of anilines is 1. The van der Waals surface area contributed by atoms with Crippen LogP contribution in [-0.2, 0) is 6.42 Å². The number of benzene rings is 1. The number of rotatable bonds is 7. The highest BCUT2D eigenvalue weighted by molar-refractivity contribution is 5.92. The van der Waals surface area contributed by atoms with Crippen LogP contribution in [0.25, 0.3) is 0 Å². The van der Waals surface area contributed by atoms with E-state index in [2.05, 4.69) is 58.9 Å². The van der Waals surface area contributed by atoms with E-state index in [1.165, 1.54) is 18.4 Å². The summed E-state index contributed by atoms with van der Waals surface area (Å²) >= 11 is 0. The highest BCUT2D eigenvalue weighted by atomic mass is 15.2. The molecule has 3 N–H and O–H groups in total. The van der Waals surface area contributed by atoms with E-state index in [9.17, 15) is 0 Å². The van der Waals surface area contributed by atoms with E-state index in [-0.39, 0.29) is 11.4 Å². The van der Waals surface area contributed by atoms with Gasteiger partial charge < -0.3 is 10.6 Å². The number of nitrogens with one attached hydrogen (secondary N) is 1. The van der Waals surface area contributed by atoms with Gasteiger partial charge in [0.2, 0.25) is 0 Å². The first-order chi connectivity index (χ1) is 10.2. The summed E-state index contributed by atoms with van der Waals surface area (Å²) < 4.78 is 0. The molecule has 1 rings (SSSR count). The summed E-state index contributed by atoms with van der Waals surface area (Å²) in [5.41, 5.74) is 8.40. The minimum Gasteiger partial charge on any atom is -0.370 e. The highest BCUT2D eigenvalue weighted by Gasteiger charge is 2.14. The van der Waals surface area contributed by atoms with Gasteiger partial charge in [0, 0.05) is 12.2 Å². The first-order valence-electron chi connectivity index (χ1n) is 8.39. The zero-order valence-corrected chi connectivity index (χ0v) is 14.9. The minimum absolute atomic E-state index is 0.137. The number of hydrogen-bond acceptors (Lipinski definition) is 1. The summed E-state index contributed by atoms with van der Waals surface area (Å²) in [5.74, 6) is 0.873. The molecule has 0 saturated carbocycles. The van der Waals surface area contributed by atoms with Gasteiger partial charge in [-0.1, -0.05) is 59.6 Å². The molecule has 0 spiro atoms. The average molecular weight is 303 g/mol. The molecule has 0 fully saturated rings. The van der Waals surface area contributed by atoms with Crippen LogP contribution < -0.4 is 10.6 Å². The van der Waals surface area contributed by atoms with Crippen molar-refractivity contribution in [3.8, 4) is 0 Å². The van der Waals surface area contributed by atoms with Gasteiger partial charge in [0.15, 0.2) is 5.96 Å². The Morgan fingerprint density at radius 2 is 1.91 bits per heavy atom. The van der Waals surface area contributed by atoms with E-state index in [1.54, 1.807) is 0 Å². The van der Waals surface area contributed by atoms with E-state index >= 15 is 0 Å². The zero-order chi connectivity index (χ0) is 16.8. The predicted molar refractivity (Wildman–Crippen MR) is 97.6 cm³/mol. The number of nitrogens with zero attached hydrogens (tertiary/aromatic N) is 1. The van der Waals surface area contributed by atoms with Crippen LogP contribution in [0.2, 0.25) is 0 Å². The van der Waals surface area contributed by atoms with Crippen LogP contribution in [0.15, 0.2) is 24.3 Å². The summed E-state index contributed by atoms with van der Waals surface area (Å²) in [5, 5.41) is 7.86. The van der Waals surface area contributed by atoms with E-state index in [0.29, 0.717) is 0 Å². The summed E-state index contributed by atoms with van der Waals surface area (Å²) in [4.78, 5) is 1.92. The smallest absolute Gasteiger partial charge is 0.192 e. The molecule has 0 radical (unpaired) electrons. The maximum Gasteiger partial charge on any atom is 0.192 e. The Labute approximate surface area is 136 Å². The fraction of sp³-hybridized carbons (Fsp3) is 0.632. The molecular formula is C19H33N3. The Hall–Kier alpha value is -1.51. The molecule has 0 saturated heterocycles. The average Bonchev–Trinajstić information content (AvgIpc) is 2.36. The molecule has 0 aliphatic carbocycles. The predicted octanol–water partition coefficient (Wildman–Crippen LogP) is 4.80. The molecule has 3 heteroatoms. The quantitative estimate of drug-likeness (QED) is 0.432. The maximum atomic E-state index is 7.86. The van der Waals surface area contributed by atoms with E-state index in [1.807, 2.05) is 4.90 Å². The normalized spacial score (nSPS) is 11.7. The molecule has 0 heterocycles. The molecule has 1 aromatic carbocycles. The summed E-state index contributed by atoms with van der Waals surface area (Å²) in [7, 11) is 0. The van der Waals surface area contributed by atoms with Crippen molar-refractivity contribution in [2.24, 2.45) is 17.1 Å². The van der Waals surface area contributed by atoms with Crippen LogP contribution in [0.5, 0.6) is 0 Å². The molecule has 0 aromatic heterocycles. The van der Waals surface area contributed by atoms with Crippen molar-refractivity contribution in [1.82, 2.24) is 0 Å². The first kappa shape index (κ1) is 18.5. The second-order valence-electron chi connectivity index (χ2n) is 7.83. The third kappa shape index (κ3) is 6.97. The molecule has 0 unspecified atom stereocenters. The van der Waals surface area contributed by atoms with Gasteiger partial charge in [-0.3, -0.25) is 5.41 Å². The van der Waals surface area contributed by atoms with Crippen LogP contribution >= 0.6 is 0 Å². The molecule has 0 atom stereocenters. The molecule has 1 aromatic rings. The Balaban J connectivity index is 2.75. The SMILES string of the molecule is CC(C)CCCCN(C(=N)N)c1cccc(CC(C)(C)C)c1. The van der Waals surface area contributed by atoms with Crippen LogP contribution in [-0.4, -0.2) is 12.5 Å². The minimum atomic E-state index is 0.137. The second kappa shape index (κ2) is 8.21. The summed E-state index contributed by atoms with van der Waals surface area (Å²) in [6, 6.07) is 8.46. The molecular weight excluding hydrogens is 270 g/mol. The van der Waals surface area contributed by atoms with Crippen LogP contribution in [0.4, 0.5) is 5.69 Å². The molecule has 0 bridgehead atoms. The number of hydrogen-bond donors (Lipinski definition) is 2. The van der Waals surface area contributed by atoms with Crippen molar-refractivity contribution in [2.75, 3.05) is 11.4 Å². The lowest BCUT2D eigenvalue weighted by atomic mass is 9.88. The van der Waals surface area contributed by atoms with Crippen molar-refractivity contribution in [3.63, 3.8) is 0 Å². The third-order valence-electron chi connectivity index (χ3n) is 3.66. The monoisotopic (exact) mass is 303 g/mol. The van der Waals surface area contributed by atoms with Crippen LogP contribution in [0, 0.1) is 16.7 Å². The lowest BCUT2D eigenvalue weighted by molar-refractivity contribution is 0.411. The number of unbranched alkanes of at least 4 members (excludes halogenated alkanes) is 1. The fourth-order valence-electron chi connectivity index (χ4n) is 2.66. The van der Waals surface area contributed by atoms with Gasteiger partial charge in [0.25, 0.3) is 0 Å². The molecule has 0 aliphatic rings. The summed E-state index contributed by atoms with van der Waals surface area (Å²) in [6.07, 6.45) is 4.51. The van der Waals surface area contributed by atoms with E-state index < -0.39 is 0 Å². The molecule has 124 valence electrons. The van der Waals surface area contributed by atoms with Gasteiger partial charge in [0.1, 0.15) is 0 Å². The Kier molecular flexibility index (Phi) is 6.92. The second-order valence-corrected chi connectivity index (χ2v) is 7.83. The largest absolute Gasteiger partial charge is 0.370 e. The molecule has 0 aliphatic heterocycles. The molecule has 3 nitrogen and oxygen atoms in total. The standard InChI is InChI=1S/C19H33N3/c1-15(2)9-6-7-12-22(18(20)21)17-11-8-10-16(13-17)14-19(3,4)5/h8,10-11,13,15H,6-7,9,12,14H2,1-5H3,(H3,20,21). The van der Waals surface area contributed by atoms with Crippen LogP contribution in [0.1, 0.15) is 59.4 Å². The molecule has 22 heavy (non-hydrogen) atoms. The maximum absolute atomic E-state index is 7.86. The van der Waals surface area contributed by atoms with Crippen molar-refractivity contribution in [3.05, 3.63) is 29.8 Å². The van der Waals surface area contributed by atoms with E-state index in [0.717, 1.165) is 31.0 Å². The lowest BCUT2D eigenvalue weighted by Gasteiger charge is -2.25. The van der Waals surface area contributed by atoms with Crippen molar-refractivity contribution < 1.29 is 0 Å². The lowest BCUT2D eigenvalue weighted by Crippen LogP contribution is -2.37. The van der Waals surface area contributed by atoms with Gasteiger partial charge in [0.05, 0.1) is 0 Å². The first-order valence-corrected chi connectivity index (χ1v) is 8.39. The Bertz CT molecular complexity index is 472. The van der Waals surface area contributed by atoms with Crippen molar-refractivity contribution >= 4 is 11.6 Å². The Morgan fingerprint density at radius 3 is 2.45 bits per heavy atom. The molecule has 0 amide bonds. The van der Waals surface area contributed by atoms with Crippen molar-refractivity contribution in [2.45, 2.75) is 60.3 Å². The van der Waals surface area contributed by atoms with Gasteiger partial charge in [-0.05, 0) is 41.9 Å². The van der Waals surface area contributed by atoms with Crippen LogP contribution in [0.3, 0.4) is 0 Å². The van der Waals surface area contributed by atoms with E-state index in [4.69, 9.17) is 11.1 Å². The van der Waals surface area contributed by atoms with Crippen molar-refractivity contribution in [1.29, 1.82) is 5.41 Å². The number of nitrogens with two attached hydrogens (primary N) is 1. The van der Waals surface area contributed by atoms with Gasteiger partial charge >= 0.3 is 0 Å². The highest BCUT2D eigenvalue weighted by Crippen LogP contribution is 2.24. The Morgan fingerprint density at radius 1 is 1.23 bits per heavy atom. The number of guanidine groups is 1. The van der Waals surface area contributed by atoms with Gasteiger partial charge in [-0.2, -0.15) is 0 Å². The van der Waals surface area contributed by atoms with Gasteiger partial charge in [-0.15, -0.1) is 0 Å². The topological polar surface area (TPSA) is 53.1 Å². The fourth-order valence-corrected chi connectivity index (χ4v) is 2.66. The summed E-state index contributed by atoms with van der Waals surface area (Å²) in [6.45, 7) is 12.1. The third-order valence-corrected chi connectivity index (χ3v) is 3.66. The van der Waals surface area contributed by atoms with Gasteiger partial charge in [-0.25, -0.2) is 0 Å².